The van der Waals surface area contributed by atoms with Crippen LogP contribution in [0.1, 0.15) is 36.5 Å². The lowest BCUT2D eigenvalue weighted by molar-refractivity contribution is 0.343. The fraction of sp³-hybridized carbons (Fsp3) is 0.500. The number of nitrogens with zero attached hydrogens (tertiary/aromatic N) is 1. The van der Waals surface area contributed by atoms with Gasteiger partial charge in [-0.1, -0.05) is 37.8 Å². The summed E-state index contributed by atoms with van der Waals surface area (Å²) >= 11 is 0. The van der Waals surface area contributed by atoms with Crippen molar-refractivity contribution in [3.8, 4) is 0 Å². The summed E-state index contributed by atoms with van der Waals surface area (Å²) in [5.41, 5.74) is 4.32. The van der Waals surface area contributed by atoms with E-state index in [0.717, 1.165) is 6.42 Å². The van der Waals surface area contributed by atoms with Crippen LogP contribution in [0.25, 0.3) is 6.08 Å². The first-order chi connectivity index (χ1) is 8.35. The summed E-state index contributed by atoms with van der Waals surface area (Å²) in [5.74, 6) is 0. The molecule has 1 aliphatic rings. The van der Waals surface area contributed by atoms with E-state index in [-0.39, 0.29) is 0 Å². The van der Waals surface area contributed by atoms with Crippen LogP contribution in [0.15, 0.2) is 24.8 Å². The Labute approximate surface area is 105 Å². The lowest BCUT2D eigenvalue weighted by atomic mass is 9.96. The first-order valence-corrected chi connectivity index (χ1v) is 6.80. The van der Waals surface area contributed by atoms with Crippen molar-refractivity contribution in [1.82, 2.24) is 4.90 Å². The molecule has 0 saturated carbocycles. The fourth-order valence-corrected chi connectivity index (χ4v) is 2.76. The summed E-state index contributed by atoms with van der Waals surface area (Å²) in [7, 11) is 0. The van der Waals surface area contributed by atoms with Crippen molar-refractivity contribution in [3.63, 3.8) is 0 Å². The summed E-state index contributed by atoms with van der Waals surface area (Å²) in [6, 6.07) is 6.59. The molecule has 0 amide bonds. The minimum Gasteiger partial charge on any atom is -0.303 e. The lowest BCUT2D eigenvalue weighted by Gasteiger charge is -2.17. The fourth-order valence-electron chi connectivity index (χ4n) is 2.76. The highest BCUT2D eigenvalue weighted by molar-refractivity contribution is 5.54. The van der Waals surface area contributed by atoms with Gasteiger partial charge in [-0.15, -0.1) is 0 Å². The normalized spacial score (nSPS) is 16.3. The van der Waals surface area contributed by atoms with E-state index >= 15 is 0 Å². The lowest BCUT2D eigenvalue weighted by Crippen LogP contribution is -2.22. The summed E-state index contributed by atoms with van der Waals surface area (Å²) < 4.78 is 0. The number of hydrogen-bond donors (Lipinski definition) is 0. The predicted molar refractivity (Wildman–Crippen MR) is 75.3 cm³/mol. The highest BCUT2D eigenvalue weighted by Gasteiger charge is 2.12. The van der Waals surface area contributed by atoms with Crippen LogP contribution < -0.4 is 0 Å². The summed E-state index contributed by atoms with van der Waals surface area (Å²) in [6.45, 7) is 9.96. The van der Waals surface area contributed by atoms with Gasteiger partial charge in [-0.3, -0.25) is 0 Å². The van der Waals surface area contributed by atoms with E-state index < -0.39 is 0 Å². The van der Waals surface area contributed by atoms with E-state index in [1.807, 2.05) is 6.08 Å². The molecule has 0 aliphatic carbocycles. The van der Waals surface area contributed by atoms with Gasteiger partial charge in [-0.2, -0.15) is 0 Å². The molecule has 1 nitrogen and oxygen atoms in total. The average molecular weight is 229 g/mol. The van der Waals surface area contributed by atoms with E-state index in [1.54, 1.807) is 0 Å². The molecule has 1 saturated heterocycles. The van der Waals surface area contributed by atoms with Gasteiger partial charge in [0.05, 0.1) is 0 Å². The van der Waals surface area contributed by atoms with Crippen LogP contribution in [0.4, 0.5) is 0 Å². The minimum absolute atomic E-state index is 1.12. The van der Waals surface area contributed by atoms with Crippen LogP contribution in [0.2, 0.25) is 0 Å². The summed E-state index contributed by atoms with van der Waals surface area (Å²) in [4.78, 5) is 2.58. The second-order valence-electron chi connectivity index (χ2n) is 4.84. The van der Waals surface area contributed by atoms with Crippen molar-refractivity contribution in [1.29, 1.82) is 0 Å². The van der Waals surface area contributed by atoms with Crippen molar-refractivity contribution in [3.05, 3.63) is 41.5 Å². The van der Waals surface area contributed by atoms with E-state index in [1.165, 1.54) is 55.6 Å². The largest absolute Gasteiger partial charge is 0.303 e. The first-order valence-electron chi connectivity index (χ1n) is 6.80. The van der Waals surface area contributed by atoms with Gasteiger partial charge < -0.3 is 4.90 Å². The average Bonchev–Trinajstić information content (AvgIpc) is 2.88. The van der Waals surface area contributed by atoms with Gasteiger partial charge in [0, 0.05) is 6.54 Å². The standard InChI is InChI=1S/C16H23N/c1-3-14-8-7-9-15(4-2)16(14)10-13-17-11-5-6-12-17/h3,7-9H,1,4-6,10-13H2,2H3. The van der Waals surface area contributed by atoms with Crippen LogP contribution in [-0.2, 0) is 12.8 Å². The summed E-state index contributed by atoms with van der Waals surface area (Å²) in [6.07, 6.45) is 7.05. The molecular formula is C16H23N. The molecule has 0 aromatic heterocycles. The Morgan fingerprint density at radius 3 is 2.71 bits per heavy atom. The molecule has 17 heavy (non-hydrogen) atoms. The Hall–Kier alpha value is -1.08. The van der Waals surface area contributed by atoms with Crippen molar-refractivity contribution in [2.24, 2.45) is 0 Å². The predicted octanol–water partition coefficient (Wildman–Crippen LogP) is 3.53. The zero-order valence-electron chi connectivity index (χ0n) is 10.9. The monoisotopic (exact) mass is 229 g/mol. The number of hydrogen-bond acceptors (Lipinski definition) is 1. The minimum atomic E-state index is 1.12. The highest BCUT2D eigenvalue weighted by atomic mass is 15.1. The Kier molecular flexibility index (Phi) is 4.38. The third-order valence-corrected chi connectivity index (χ3v) is 3.79. The molecule has 0 N–H and O–H groups in total. The van der Waals surface area contributed by atoms with Gasteiger partial charge in [-0.05, 0) is 55.5 Å². The summed E-state index contributed by atoms with van der Waals surface area (Å²) in [5, 5.41) is 0. The molecule has 0 spiro atoms. The smallest absolute Gasteiger partial charge is 0.00221 e. The Balaban J connectivity index is 2.09. The van der Waals surface area contributed by atoms with Crippen molar-refractivity contribution in [2.75, 3.05) is 19.6 Å². The molecule has 2 rings (SSSR count). The quantitative estimate of drug-likeness (QED) is 0.746. The van der Waals surface area contributed by atoms with Gasteiger partial charge in [0.1, 0.15) is 0 Å². The van der Waals surface area contributed by atoms with Gasteiger partial charge in [0.15, 0.2) is 0 Å². The maximum atomic E-state index is 3.93. The number of rotatable bonds is 5. The van der Waals surface area contributed by atoms with Gasteiger partial charge in [0.2, 0.25) is 0 Å². The molecule has 0 bridgehead atoms. The number of benzene rings is 1. The van der Waals surface area contributed by atoms with Crippen LogP contribution in [0.5, 0.6) is 0 Å². The van der Waals surface area contributed by atoms with Crippen molar-refractivity contribution in [2.45, 2.75) is 32.6 Å². The van der Waals surface area contributed by atoms with Crippen LogP contribution in [-0.4, -0.2) is 24.5 Å². The van der Waals surface area contributed by atoms with Crippen molar-refractivity contribution < 1.29 is 0 Å². The van der Waals surface area contributed by atoms with E-state index in [9.17, 15) is 0 Å². The van der Waals surface area contributed by atoms with Crippen LogP contribution in [0.3, 0.4) is 0 Å². The Bertz CT molecular complexity index is 375. The SMILES string of the molecule is C=Cc1cccc(CC)c1CCN1CCCC1. The third-order valence-electron chi connectivity index (χ3n) is 3.79. The third kappa shape index (κ3) is 2.98. The van der Waals surface area contributed by atoms with Crippen LogP contribution in [0, 0.1) is 0 Å². The molecule has 0 radical (unpaired) electrons. The molecule has 1 aromatic rings. The second kappa shape index (κ2) is 6.02. The second-order valence-corrected chi connectivity index (χ2v) is 4.84. The molecule has 1 fully saturated rings. The maximum absolute atomic E-state index is 3.93. The molecule has 0 atom stereocenters. The van der Waals surface area contributed by atoms with Crippen LogP contribution >= 0.6 is 0 Å². The number of likely N-dealkylation sites (tertiary alicyclic amines) is 1. The molecule has 1 aromatic carbocycles. The zero-order chi connectivity index (χ0) is 12.1. The first kappa shape index (κ1) is 12.4. The molecule has 92 valence electrons. The topological polar surface area (TPSA) is 3.24 Å². The van der Waals surface area contributed by atoms with Gasteiger partial charge in [0.25, 0.3) is 0 Å². The highest BCUT2D eigenvalue weighted by Crippen LogP contribution is 2.19. The van der Waals surface area contributed by atoms with Gasteiger partial charge in [-0.25, -0.2) is 0 Å². The molecule has 1 heterocycles. The van der Waals surface area contributed by atoms with E-state index in [4.69, 9.17) is 0 Å². The number of aryl methyl sites for hydroxylation is 1. The molecule has 1 aliphatic heterocycles. The maximum Gasteiger partial charge on any atom is 0.00221 e. The van der Waals surface area contributed by atoms with Gasteiger partial charge >= 0.3 is 0 Å². The Morgan fingerprint density at radius 2 is 2.06 bits per heavy atom. The zero-order valence-corrected chi connectivity index (χ0v) is 10.9. The van der Waals surface area contributed by atoms with E-state index in [0.29, 0.717) is 0 Å². The van der Waals surface area contributed by atoms with Crippen molar-refractivity contribution >= 4 is 6.08 Å². The molecule has 1 heteroatoms. The molecular weight excluding hydrogens is 206 g/mol. The Morgan fingerprint density at radius 1 is 1.29 bits per heavy atom. The molecule has 0 unspecified atom stereocenters. The van der Waals surface area contributed by atoms with E-state index in [2.05, 4.69) is 36.6 Å².